The van der Waals surface area contributed by atoms with Crippen molar-refractivity contribution in [3.63, 3.8) is 0 Å². The van der Waals surface area contributed by atoms with E-state index in [-0.39, 0.29) is 23.2 Å². The highest BCUT2D eigenvalue weighted by Gasteiger charge is 2.29. The largest absolute Gasteiger partial charge is 0.437 e. The highest BCUT2D eigenvalue weighted by atomic mass is 32.2. The van der Waals surface area contributed by atoms with E-state index in [1.165, 1.54) is 16.8 Å². The quantitative estimate of drug-likeness (QED) is 0.290. The molecule has 1 N–H and O–H groups in total. The van der Waals surface area contributed by atoms with Gasteiger partial charge in [0.2, 0.25) is 15.9 Å². The molecule has 11 nitrogen and oxygen atoms in total. The molecule has 0 aliphatic carbocycles. The number of hydrogen-bond acceptors (Lipinski definition) is 7. The van der Waals surface area contributed by atoms with Gasteiger partial charge in [-0.15, -0.1) is 0 Å². The standard InChI is InChI=1S/C26H33N5O6S/c1-8-14-29(7)25(32)24-19(6)26(30(27-24)21-11-9-10-17(4)18(21)5)37-22-13-12-20(31(33)34)15-23(22)38(35,36)28-16(2)3/h9-13,15-16,28H,8,14H2,1-7H3. The lowest BCUT2D eigenvalue weighted by Crippen LogP contribution is -2.30. The molecule has 0 radical (unpaired) electrons. The van der Waals surface area contributed by atoms with E-state index in [1.807, 2.05) is 39.0 Å². The number of nitrogens with zero attached hydrogens (tertiary/aromatic N) is 4. The van der Waals surface area contributed by atoms with Gasteiger partial charge in [-0.2, -0.15) is 9.78 Å². The summed E-state index contributed by atoms with van der Waals surface area (Å²) in [6.07, 6.45) is 0.759. The monoisotopic (exact) mass is 543 g/mol. The van der Waals surface area contributed by atoms with E-state index < -0.39 is 31.6 Å². The minimum absolute atomic E-state index is 0.127. The van der Waals surface area contributed by atoms with Gasteiger partial charge in [-0.1, -0.05) is 19.1 Å². The number of nitrogens with one attached hydrogen (secondary N) is 1. The fourth-order valence-electron chi connectivity index (χ4n) is 3.93. The molecule has 38 heavy (non-hydrogen) atoms. The van der Waals surface area contributed by atoms with Gasteiger partial charge in [0.15, 0.2) is 5.69 Å². The Morgan fingerprint density at radius 1 is 1.18 bits per heavy atom. The third-order valence-corrected chi connectivity index (χ3v) is 7.69. The first-order chi connectivity index (χ1) is 17.8. The molecular formula is C26H33N5O6S. The fraction of sp³-hybridized carbons (Fsp3) is 0.385. The van der Waals surface area contributed by atoms with Gasteiger partial charge in [0, 0.05) is 37.3 Å². The van der Waals surface area contributed by atoms with Crippen molar-refractivity contribution in [2.45, 2.75) is 58.9 Å². The van der Waals surface area contributed by atoms with Crippen LogP contribution in [0.1, 0.15) is 54.4 Å². The number of rotatable bonds is 10. The van der Waals surface area contributed by atoms with Crippen LogP contribution in [0.25, 0.3) is 5.69 Å². The molecule has 204 valence electrons. The average molecular weight is 544 g/mol. The number of non-ortho nitro benzene ring substituents is 1. The van der Waals surface area contributed by atoms with Gasteiger partial charge in [0.25, 0.3) is 11.6 Å². The Morgan fingerprint density at radius 2 is 1.87 bits per heavy atom. The van der Waals surface area contributed by atoms with Crippen LogP contribution in [0, 0.1) is 30.9 Å². The number of aryl methyl sites for hydroxylation is 1. The van der Waals surface area contributed by atoms with Gasteiger partial charge in [-0.3, -0.25) is 14.9 Å². The summed E-state index contributed by atoms with van der Waals surface area (Å²) in [5, 5.41) is 16.0. The molecule has 1 heterocycles. The van der Waals surface area contributed by atoms with Crippen LogP contribution >= 0.6 is 0 Å². The third kappa shape index (κ3) is 5.86. The lowest BCUT2D eigenvalue weighted by Gasteiger charge is -2.16. The highest BCUT2D eigenvalue weighted by Crippen LogP contribution is 2.36. The molecule has 0 aliphatic rings. The fourth-order valence-corrected chi connectivity index (χ4v) is 5.33. The Balaban J connectivity index is 2.27. The lowest BCUT2D eigenvalue weighted by molar-refractivity contribution is -0.385. The van der Waals surface area contributed by atoms with Crippen LogP contribution in [-0.2, 0) is 10.0 Å². The maximum Gasteiger partial charge on any atom is 0.274 e. The van der Waals surface area contributed by atoms with E-state index in [1.54, 1.807) is 32.7 Å². The molecule has 3 aromatic rings. The molecule has 1 amide bonds. The first-order valence-electron chi connectivity index (χ1n) is 12.2. The van der Waals surface area contributed by atoms with E-state index in [0.29, 0.717) is 17.8 Å². The maximum absolute atomic E-state index is 13.2. The van der Waals surface area contributed by atoms with Crippen molar-refractivity contribution in [3.05, 3.63) is 68.9 Å². The summed E-state index contributed by atoms with van der Waals surface area (Å²) in [6, 6.07) is 8.49. The summed E-state index contributed by atoms with van der Waals surface area (Å²) in [7, 11) is -2.50. The van der Waals surface area contributed by atoms with Crippen LogP contribution in [0.4, 0.5) is 5.69 Å². The molecule has 0 atom stereocenters. The van der Waals surface area contributed by atoms with Gasteiger partial charge in [0.1, 0.15) is 10.6 Å². The number of amides is 1. The second-order valence-electron chi connectivity index (χ2n) is 9.40. The average Bonchev–Trinajstić information content (AvgIpc) is 3.15. The summed E-state index contributed by atoms with van der Waals surface area (Å²) >= 11 is 0. The minimum atomic E-state index is -4.19. The molecule has 0 saturated heterocycles. The van der Waals surface area contributed by atoms with Gasteiger partial charge in [-0.05, 0) is 64.3 Å². The van der Waals surface area contributed by atoms with Crippen molar-refractivity contribution >= 4 is 21.6 Å². The first kappa shape index (κ1) is 28.8. The van der Waals surface area contributed by atoms with E-state index >= 15 is 0 Å². The number of ether oxygens (including phenoxy) is 1. The normalized spacial score (nSPS) is 11.6. The lowest BCUT2D eigenvalue weighted by atomic mass is 10.1. The molecule has 1 aromatic heterocycles. The Bertz CT molecular complexity index is 1480. The number of hydrogen-bond donors (Lipinski definition) is 1. The molecular weight excluding hydrogens is 510 g/mol. The SMILES string of the molecule is CCCN(C)C(=O)c1nn(-c2cccc(C)c2C)c(Oc2ccc([N+](=O)[O-])cc2S(=O)(=O)NC(C)C)c1C. The molecule has 12 heteroatoms. The zero-order chi connectivity index (χ0) is 28.4. The van der Waals surface area contributed by atoms with Crippen LogP contribution < -0.4 is 9.46 Å². The number of carbonyl (C=O) groups excluding carboxylic acids is 1. The highest BCUT2D eigenvalue weighted by molar-refractivity contribution is 7.89. The van der Waals surface area contributed by atoms with E-state index in [4.69, 9.17) is 4.74 Å². The number of nitro groups is 1. The number of nitro benzene ring substituents is 1. The Morgan fingerprint density at radius 3 is 2.47 bits per heavy atom. The van der Waals surface area contributed by atoms with Crippen molar-refractivity contribution in [1.82, 2.24) is 19.4 Å². The number of carbonyl (C=O) groups is 1. The van der Waals surface area contributed by atoms with E-state index in [2.05, 4.69) is 9.82 Å². The van der Waals surface area contributed by atoms with Gasteiger partial charge in [0.05, 0.1) is 10.6 Å². The predicted molar refractivity (Wildman–Crippen MR) is 144 cm³/mol. The van der Waals surface area contributed by atoms with Crippen molar-refractivity contribution < 1.29 is 22.9 Å². The summed E-state index contributed by atoms with van der Waals surface area (Å²) in [4.78, 5) is 25.1. The van der Waals surface area contributed by atoms with Gasteiger partial charge >= 0.3 is 0 Å². The van der Waals surface area contributed by atoms with Crippen molar-refractivity contribution in [3.8, 4) is 17.3 Å². The van der Waals surface area contributed by atoms with Crippen molar-refractivity contribution in [1.29, 1.82) is 0 Å². The molecule has 0 unspecified atom stereocenters. The Hall–Kier alpha value is -3.77. The van der Waals surface area contributed by atoms with Crippen molar-refractivity contribution in [2.24, 2.45) is 0 Å². The van der Waals surface area contributed by atoms with Crippen molar-refractivity contribution in [2.75, 3.05) is 13.6 Å². The van der Waals surface area contributed by atoms with Gasteiger partial charge in [-0.25, -0.2) is 13.1 Å². The summed E-state index contributed by atoms with van der Waals surface area (Å²) in [5.74, 6) is -0.322. The molecule has 0 saturated carbocycles. The van der Waals surface area contributed by atoms with Crippen LogP contribution in [0.5, 0.6) is 11.6 Å². The number of sulfonamides is 1. The van der Waals surface area contributed by atoms with Gasteiger partial charge < -0.3 is 9.64 Å². The first-order valence-corrected chi connectivity index (χ1v) is 13.7. The van der Waals surface area contributed by atoms with Crippen LogP contribution in [0.2, 0.25) is 0 Å². The zero-order valence-corrected chi connectivity index (χ0v) is 23.4. The topological polar surface area (TPSA) is 137 Å². The smallest absolute Gasteiger partial charge is 0.274 e. The van der Waals surface area contributed by atoms with E-state index in [0.717, 1.165) is 23.6 Å². The molecule has 0 bridgehead atoms. The molecule has 0 fully saturated rings. The predicted octanol–water partition coefficient (Wildman–Crippen LogP) is 4.67. The summed E-state index contributed by atoms with van der Waals surface area (Å²) in [5.41, 5.74) is 2.67. The van der Waals surface area contributed by atoms with Crippen LogP contribution in [0.15, 0.2) is 41.3 Å². The minimum Gasteiger partial charge on any atom is -0.437 e. The number of benzene rings is 2. The Kier molecular flexibility index (Phi) is 8.58. The Labute approximate surface area is 222 Å². The second kappa shape index (κ2) is 11.3. The summed E-state index contributed by atoms with van der Waals surface area (Å²) in [6.45, 7) is 11.3. The zero-order valence-electron chi connectivity index (χ0n) is 22.6. The molecule has 0 aliphatic heterocycles. The third-order valence-electron chi connectivity index (χ3n) is 6.01. The second-order valence-corrected chi connectivity index (χ2v) is 11.1. The maximum atomic E-state index is 13.2. The van der Waals surface area contributed by atoms with Crippen LogP contribution in [0.3, 0.4) is 0 Å². The summed E-state index contributed by atoms with van der Waals surface area (Å²) < 4.78 is 36.4. The molecule has 3 rings (SSSR count). The molecule has 2 aromatic carbocycles. The molecule has 0 spiro atoms. The number of aromatic nitrogens is 2. The van der Waals surface area contributed by atoms with Crippen LogP contribution in [-0.4, -0.2) is 53.6 Å². The van der Waals surface area contributed by atoms with E-state index in [9.17, 15) is 23.3 Å².